The van der Waals surface area contributed by atoms with Crippen LogP contribution in [0.1, 0.15) is 21.5 Å². The molecule has 0 amide bonds. The van der Waals surface area contributed by atoms with Crippen molar-refractivity contribution in [1.82, 2.24) is 0 Å². The monoisotopic (exact) mass is 280 g/mol. The molecule has 2 nitrogen and oxygen atoms in total. The van der Waals surface area contributed by atoms with Crippen molar-refractivity contribution in [2.75, 3.05) is 0 Å². The molecule has 0 saturated heterocycles. The van der Waals surface area contributed by atoms with Crippen LogP contribution in [0.15, 0.2) is 16.6 Å². The minimum absolute atomic E-state index is 0.00877. The van der Waals surface area contributed by atoms with Gasteiger partial charge < -0.3 is 4.74 Å². The third kappa shape index (κ3) is 1.73. The molecule has 0 aliphatic carbocycles. The van der Waals surface area contributed by atoms with Gasteiger partial charge in [-0.2, -0.15) is 13.2 Å². The van der Waals surface area contributed by atoms with Crippen LogP contribution in [-0.4, -0.2) is 5.97 Å². The van der Waals surface area contributed by atoms with Crippen molar-refractivity contribution in [3.05, 3.63) is 33.3 Å². The molecule has 0 spiro atoms. The van der Waals surface area contributed by atoms with Gasteiger partial charge in [-0.3, -0.25) is 0 Å². The number of hydrogen-bond acceptors (Lipinski definition) is 2. The SMILES string of the molecule is O=C1OCc2cc(Br)c(C(F)(F)F)cc21. The Balaban J connectivity index is 2.60. The summed E-state index contributed by atoms with van der Waals surface area (Å²) in [6, 6.07) is 2.08. The molecule has 0 unspecified atom stereocenters. The maximum Gasteiger partial charge on any atom is 0.417 e. The molecule has 0 bridgehead atoms. The first-order chi connectivity index (χ1) is 6.89. The van der Waals surface area contributed by atoms with Crippen LogP contribution >= 0.6 is 15.9 Å². The highest BCUT2D eigenvalue weighted by Gasteiger charge is 2.35. The van der Waals surface area contributed by atoms with Gasteiger partial charge >= 0.3 is 12.1 Å². The van der Waals surface area contributed by atoms with E-state index in [0.717, 1.165) is 6.07 Å². The van der Waals surface area contributed by atoms with Gasteiger partial charge in [0.15, 0.2) is 0 Å². The number of halogens is 4. The highest BCUT2D eigenvalue weighted by atomic mass is 79.9. The van der Waals surface area contributed by atoms with Gasteiger partial charge in [0.2, 0.25) is 0 Å². The summed E-state index contributed by atoms with van der Waals surface area (Å²) in [4.78, 5) is 11.1. The average Bonchev–Trinajstić information content (AvgIpc) is 2.44. The van der Waals surface area contributed by atoms with E-state index >= 15 is 0 Å². The van der Waals surface area contributed by atoms with Gasteiger partial charge in [-0.1, -0.05) is 15.9 Å². The Morgan fingerprint density at radius 1 is 1.33 bits per heavy atom. The van der Waals surface area contributed by atoms with E-state index in [1.165, 1.54) is 6.07 Å². The molecule has 15 heavy (non-hydrogen) atoms. The lowest BCUT2D eigenvalue weighted by molar-refractivity contribution is -0.138. The quantitative estimate of drug-likeness (QED) is 0.683. The zero-order valence-electron chi connectivity index (χ0n) is 7.19. The molecule has 6 heteroatoms. The minimum atomic E-state index is -4.48. The molecule has 0 saturated carbocycles. The molecule has 2 rings (SSSR count). The lowest BCUT2D eigenvalue weighted by Gasteiger charge is -2.09. The summed E-state index contributed by atoms with van der Waals surface area (Å²) in [5.41, 5.74) is -0.398. The van der Waals surface area contributed by atoms with Gasteiger partial charge in [0.1, 0.15) is 6.61 Å². The molecule has 1 aliphatic rings. The molecular weight excluding hydrogens is 277 g/mol. The number of fused-ring (bicyclic) bond motifs is 1. The van der Waals surface area contributed by atoms with Crippen LogP contribution in [0.4, 0.5) is 13.2 Å². The first-order valence-electron chi connectivity index (χ1n) is 3.96. The van der Waals surface area contributed by atoms with Gasteiger partial charge in [-0.25, -0.2) is 4.79 Å². The van der Waals surface area contributed by atoms with Gasteiger partial charge in [-0.15, -0.1) is 0 Å². The number of cyclic esters (lactones) is 1. The Bertz CT molecular complexity index is 440. The van der Waals surface area contributed by atoms with Crippen molar-refractivity contribution < 1.29 is 22.7 Å². The second kappa shape index (κ2) is 3.23. The van der Waals surface area contributed by atoms with Crippen molar-refractivity contribution in [1.29, 1.82) is 0 Å². The van der Waals surface area contributed by atoms with Crippen molar-refractivity contribution in [2.24, 2.45) is 0 Å². The van der Waals surface area contributed by atoms with E-state index in [4.69, 9.17) is 0 Å². The summed E-state index contributed by atoms with van der Waals surface area (Å²) >= 11 is 2.82. The number of benzene rings is 1. The number of ether oxygens (including phenoxy) is 1. The van der Waals surface area contributed by atoms with Crippen LogP contribution < -0.4 is 0 Å². The summed E-state index contributed by atoms with van der Waals surface area (Å²) in [6.45, 7) is 0.0326. The van der Waals surface area contributed by atoms with Crippen molar-refractivity contribution >= 4 is 21.9 Å². The predicted octanol–water partition coefficient (Wildman–Crippen LogP) is 3.14. The number of carbonyl (C=O) groups excluding carboxylic acids is 1. The topological polar surface area (TPSA) is 26.3 Å². The fraction of sp³-hybridized carbons (Fsp3) is 0.222. The first-order valence-corrected chi connectivity index (χ1v) is 4.75. The van der Waals surface area contributed by atoms with E-state index in [9.17, 15) is 18.0 Å². The lowest BCUT2D eigenvalue weighted by Crippen LogP contribution is -2.08. The van der Waals surface area contributed by atoms with E-state index in [1.807, 2.05) is 0 Å². The summed E-state index contributed by atoms with van der Waals surface area (Å²) in [6.07, 6.45) is -4.48. The highest BCUT2D eigenvalue weighted by molar-refractivity contribution is 9.10. The van der Waals surface area contributed by atoms with E-state index in [1.54, 1.807) is 0 Å². The molecular formula is C9H4BrF3O2. The standard InChI is InChI=1S/C9H4BrF3O2/c10-7-1-4-3-15-8(14)5(4)2-6(7)9(11,12)13/h1-2H,3H2. The summed E-state index contributed by atoms with van der Waals surface area (Å²) in [5, 5.41) is 0. The fourth-order valence-corrected chi connectivity index (χ4v) is 1.98. The summed E-state index contributed by atoms with van der Waals surface area (Å²) in [7, 11) is 0. The second-order valence-corrected chi connectivity index (χ2v) is 3.92. The van der Waals surface area contributed by atoms with Crippen LogP contribution in [-0.2, 0) is 17.5 Å². The number of esters is 1. The fourth-order valence-electron chi connectivity index (χ4n) is 1.36. The smallest absolute Gasteiger partial charge is 0.417 e. The molecule has 1 heterocycles. The van der Waals surface area contributed by atoms with Gasteiger partial charge in [0.05, 0.1) is 11.1 Å². The second-order valence-electron chi connectivity index (χ2n) is 3.06. The Kier molecular flexibility index (Phi) is 2.26. The molecule has 0 aromatic heterocycles. The largest absolute Gasteiger partial charge is 0.457 e. The molecule has 1 aromatic rings. The maximum absolute atomic E-state index is 12.5. The maximum atomic E-state index is 12.5. The third-order valence-corrected chi connectivity index (χ3v) is 2.73. The molecule has 80 valence electrons. The third-order valence-electron chi connectivity index (χ3n) is 2.08. The number of carbonyl (C=O) groups is 1. The Labute approximate surface area is 91.2 Å². The van der Waals surface area contributed by atoms with Gasteiger partial charge in [-0.05, 0) is 12.1 Å². The molecule has 0 N–H and O–H groups in total. The Morgan fingerprint density at radius 3 is 2.60 bits per heavy atom. The van der Waals surface area contributed by atoms with Crippen LogP contribution in [0.2, 0.25) is 0 Å². The average molecular weight is 281 g/mol. The number of rotatable bonds is 0. The summed E-state index contributed by atoms with van der Waals surface area (Å²) in [5.74, 6) is -0.706. The van der Waals surface area contributed by atoms with Crippen LogP contribution in [0, 0.1) is 0 Å². The van der Waals surface area contributed by atoms with Crippen molar-refractivity contribution in [2.45, 2.75) is 12.8 Å². The van der Waals surface area contributed by atoms with E-state index < -0.39 is 17.7 Å². The Morgan fingerprint density at radius 2 is 2.00 bits per heavy atom. The predicted molar refractivity (Wildman–Crippen MR) is 48.3 cm³/mol. The zero-order chi connectivity index (χ0) is 11.2. The lowest BCUT2D eigenvalue weighted by atomic mass is 10.1. The highest BCUT2D eigenvalue weighted by Crippen LogP contribution is 2.37. The Hall–Kier alpha value is -1.04. The van der Waals surface area contributed by atoms with E-state index in [-0.39, 0.29) is 16.6 Å². The molecule has 0 fully saturated rings. The van der Waals surface area contributed by atoms with E-state index in [0.29, 0.717) is 5.56 Å². The van der Waals surface area contributed by atoms with Gasteiger partial charge in [0, 0.05) is 10.0 Å². The summed E-state index contributed by atoms with van der Waals surface area (Å²) < 4.78 is 41.9. The van der Waals surface area contributed by atoms with E-state index in [2.05, 4.69) is 20.7 Å². The van der Waals surface area contributed by atoms with Crippen LogP contribution in [0.5, 0.6) is 0 Å². The van der Waals surface area contributed by atoms with Gasteiger partial charge in [0.25, 0.3) is 0 Å². The van der Waals surface area contributed by atoms with Crippen LogP contribution in [0.25, 0.3) is 0 Å². The normalized spacial score (nSPS) is 15.1. The molecule has 1 aliphatic heterocycles. The number of hydrogen-bond donors (Lipinski definition) is 0. The zero-order valence-corrected chi connectivity index (χ0v) is 8.78. The van der Waals surface area contributed by atoms with Crippen molar-refractivity contribution in [3.8, 4) is 0 Å². The van der Waals surface area contributed by atoms with Crippen LogP contribution in [0.3, 0.4) is 0 Å². The van der Waals surface area contributed by atoms with Crippen molar-refractivity contribution in [3.63, 3.8) is 0 Å². The first kappa shape index (κ1) is 10.5. The minimum Gasteiger partial charge on any atom is -0.457 e. The molecule has 0 radical (unpaired) electrons. The molecule has 0 atom stereocenters. The number of alkyl halides is 3. The molecule has 1 aromatic carbocycles.